The zero-order chi connectivity index (χ0) is 22.0. The first-order valence-electron chi connectivity index (χ1n) is 9.16. The van der Waals surface area contributed by atoms with Gasteiger partial charge in [-0.2, -0.15) is 5.10 Å². The molecule has 0 fully saturated rings. The quantitative estimate of drug-likeness (QED) is 0.229. The summed E-state index contributed by atoms with van der Waals surface area (Å²) >= 11 is 7.43. The van der Waals surface area contributed by atoms with Gasteiger partial charge in [-0.15, -0.1) is 11.3 Å². The van der Waals surface area contributed by atoms with E-state index in [0.29, 0.717) is 33.4 Å². The lowest BCUT2D eigenvalue weighted by molar-refractivity contribution is -0.385. The Labute approximate surface area is 186 Å². The smallest absolute Gasteiger partial charge is 0.282 e. The second kappa shape index (κ2) is 8.75. The molecule has 158 valence electrons. The average molecular weight is 457 g/mol. The Hall–Kier alpha value is -3.43. The molecule has 0 radical (unpaired) electrons. The van der Waals surface area contributed by atoms with Crippen LogP contribution in [0.2, 0.25) is 5.02 Å². The number of nitrogens with zero attached hydrogens (tertiary/aromatic N) is 4. The number of rotatable bonds is 6. The maximum Gasteiger partial charge on any atom is 0.282 e. The fourth-order valence-electron chi connectivity index (χ4n) is 2.87. The molecule has 0 N–H and O–H groups in total. The number of nitro benzene ring substituents is 1. The van der Waals surface area contributed by atoms with Crippen LogP contribution in [0.1, 0.15) is 12.5 Å². The van der Waals surface area contributed by atoms with Crippen LogP contribution < -0.4 is 14.3 Å². The van der Waals surface area contributed by atoms with E-state index in [1.165, 1.54) is 23.6 Å². The molecular weight excluding hydrogens is 440 g/mol. The summed E-state index contributed by atoms with van der Waals surface area (Å²) in [5, 5.41) is 18.6. The zero-order valence-corrected chi connectivity index (χ0v) is 18.0. The number of hydrogen-bond acceptors (Lipinski definition) is 7. The summed E-state index contributed by atoms with van der Waals surface area (Å²) in [6, 6.07) is 10.2. The van der Waals surface area contributed by atoms with E-state index in [9.17, 15) is 10.1 Å². The summed E-state index contributed by atoms with van der Waals surface area (Å²) in [5.74, 6) is 0.776. The van der Waals surface area contributed by atoms with E-state index < -0.39 is 4.92 Å². The minimum atomic E-state index is -0.478. The lowest BCUT2D eigenvalue weighted by Gasteiger charge is -2.05. The van der Waals surface area contributed by atoms with Crippen LogP contribution in [0.25, 0.3) is 11.3 Å². The monoisotopic (exact) mass is 456 g/mol. The third-order valence-corrected chi connectivity index (χ3v) is 5.45. The van der Waals surface area contributed by atoms with E-state index in [0.717, 1.165) is 16.8 Å². The minimum absolute atomic E-state index is 0.0248. The molecule has 2 heterocycles. The molecule has 31 heavy (non-hydrogen) atoms. The predicted octanol–water partition coefficient (Wildman–Crippen LogP) is 4.87. The van der Waals surface area contributed by atoms with E-state index in [1.807, 2.05) is 24.4 Å². The summed E-state index contributed by atoms with van der Waals surface area (Å²) in [6.45, 7) is 6.24. The third kappa shape index (κ3) is 4.52. The molecule has 1 aliphatic rings. The van der Waals surface area contributed by atoms with Crippen molar-refractivity contribution in [3.05, 3.63) is 79.4 Å². The van der Waals surface area contributed by atoms with Crippen molar-refractivity contribution in [3.8, 4) is 22.8 Å². The van der Waals surface area contributed by atoms with Gasteiger partial charge in [-0.1, -0.05) is 35.9 Å². The molecule has 1 aromatic heterocycles. The van der Waals surface area contributed by atoms with Crippen LogP contribution in [-0.4, -0.2) is 29.2 Å². The summed E-state index contributed by atoms with van der Waals surface area (Å²) < 4.78 is 12.2. The zero-order valence-electron chi connectivity index (χ0n) is 16.4. The highest BCUT2D eigenvalue weighted by atomic mass is 35.5. The van der Waals surface area contributed by atoms with Crippen LogP contribution in [-0.2, 0) is 0 Å². The van der Waals surface area contributed by atoms with Crippen molar-refractivity contribution in [2.45, 2.75) is 6.92 Å². The Morgan fingerprint density at radius 1 is 1.32 bits per heavy atom. The minimum Gasteiger partial charge on any atom is -0.454 e. The van der Waals surface area contributed by atoms with Crippen molar-refractivity contribution in [2.24, 2.45) is 10.1 Å². The molecule has 0 amide bonds. The largest absolute Gasteiger partial charge is 0.454 e. The number of thiazole rings is 1. The number of nitro groups is 1. The molecule has 2 aromatic carbocycles. The first-order valence-corrected chi connectivity index (χ1v) is 10.4. The third-order valence-electron chi connectivity index (χ3n) is 4.34. The number of halogens is 1. The van der Waals surface area contributed by atoms with Crippen molar-refractivity contribution in [1.82, 2.24) is 4.68 Å². The van der Waals surface area contributed by atoms with Gasteiger partial charge in [0, 0.05) is 16.0 Å². The van der Waals surface area contributed by atoms with Gasteiger partial charge in [-0.25, -0.2) is 4.68 Å². The van der Waals surface area contributed by atoms with Crippen molar-refractivity contribution < 1.29 is 14.4 Å². The molecule has 1 aliphatic heterocycles. The van der Waals surface area contributed by atoms with E-state index in [1.54, 1.807) is 22.9 Å². The summed E-state index contributed by atoms with van der Waals surface area (Å²) in [6.07, 6.45) is 1.42. The van der Waals surface area contributed by atoms with Gasteiger partial charge in [-0.3, -0.25) is 15.1 Å². The normalized spacial score (nSPS) is 13.2. The Morgan fingerprint density at radius 2 is 2.03 bits per heavy atom. The molecule has 0 spiro atoms. The number of ether oxygens (including phenoxy) is 2. The van der Waals surface area contributed by atoms with Crippen molar-refractivity contribution in [2.75, 3.05) is 13.3 Å². The standard InChI is InChI=1S/C21H17ClN4O4S/c1-13(2)9-23-21-25(18(11-31-21)14-3-5-16(22)6-4-14)24-10-15-7-19-20(30-12-29-19)8-17(15)26(27)28/h3-8,10-11H,1,9,12H2,2H3. The summed E-state index contributed by atoms with van der Waals surface area (Å²) in [7, 11) is 0. The number of benzene rings is 2. The lowest BCUT2D eigenvalue weighted by Crippen LogP contribution is -2.13. The first kappa shape index (κ1) is 20.8. The molecule has 0 bridgehead atoms. The van der Waals surface area contributed by atoms with Crippen molar-refractivity contribution in [3.63, 3.8) is 0 Å². The molecular formula is C21H17ClN4O4S. The highest BCUT2D eigenvalue weighted by Gasteiger charge is 2.22. The number of hydrogen-bond donors (Lipinski definition) is 0. The van der Waals surface area contributed by atoms with Gasteiger partial charge >= 0.3 is 0 Å². The van der Waals surface area contributed by atoms with Crippen molar-refractivity contribution >= 4 is 34.8 Å². The molecule has 3 aromatic rings. The first-order chi connectivity index (χ1) is 14.9. The number of fused-ring (bicyclic) bond motifs is 1. The molecule has 0 saturated carbocycles. The Balaban J connectivity index is 1.82. The molecule has 4 rings (SSSR count). The van der Waals surface area contributed by atoms with Crippen LogP contribution in [0.15, 0.2) is 64.0 Å². The van der Waals surface area contributed by atoms with Crippen molar-refractivity contribution in [1.29, 1.82) is 0 Å². The molecule has 0 saturated heterocycles. The van der Waals surface area contributed by atoms with E-state index in [4.69, 9.17) is 21.1 Å². The lowest BCUT2D eigenvalue weighted by atomic mass is 10.1. The van der Waals surface area contributed by atoms with Gasteiger partial charge in [-0.05, 0) is 25.1 Å². The van der Waals surface area contributed by atoms with E-state index in [2.05, 4.69) is 16.7 Å². The molecule has 0 aliphatic carbocycles. The fraction of sp³-hybridized carbons (Fsp3) is 0.143. The summed E-state index contributed by atoms with van der Waals surface area (Å²) in [5.41, 5.74) is 2.73. The van der Waals surface area contributed by atoms with E-state index >= 15 is 0 Å². The maximum absolute atomic E-state index is 11.5. The Kier molecular flexibility index (Phi) is 5.88. The maximum atomic E-state index is 11.5. The van der Waals surface area contributed by atoms with Gasteiger partial charge in [0.2, 0.25) is 11.6 Å². The highest BCUT2D eigenvalue weighted by molar-refractivity contribution is 7.07. The predicted molar refractivity (Wildman–Crippen MR) is 120 cm³/mol. The topological polar surface area (TPSA) is 91.2 Å². The average Bonchev–Trinajstić information content (AvgIpc) is 3.36. The molecule has 10 heteroatoms. The number of aromatic nitrogens is 1. The SMILES string of the molecule is C=C(C)CN=c1scc(-c2ccc(Cl)cc2)n1N=Cc1cc2c(cc1[N+](=O)[O-])OCO2. The van der Waals surface area contributed by atoms with Gasteiger partial charge in [0.25, 0.3) is 5.69 Å². The Bertz CT molecular complexity index is 1260. The van der Waals surface area contributed by atoms with Gasteiger partial charge < -0.3 is 9.47 Å². The van der Waals surface area contributed by atoms with Crippen LogP contribution in [0.5, 0.6) is 11.5 Å². The second-order valence-corrected chi connectivity index (χ2v) is 8.03. The molecule has 0 atom stereocenters. The van der Waals surface area contributed by atoms with Gasteiger partial charge in [0.15, 0.2) is 11.5 Å². The highest BCUT2D eigenvalue weighted by Crippen LogP contribution is 2.37. The van der Waals surface area contributed by atoms with Crippen LogP contribution in [0.4, 0.5) is 5.69 Å². The molecule has 0 unspecified atom stereocenters. The van der Waals surface area contributed by atoms with E-state index in [-0.39, 0.29) is 12.5 Å². The van der Waals surface area contributed by atoms with Crippen LogP contribution >= 0.6 is 22.9 Å². The van der Waals surface area contributed by atoms with Crippen LogP contribution in [0.3, 0.4) is 0 Å². The van der Waals surface area contributed by atoms with Crippen LogP contribution in [0, 0.1) is 10.1 Å². The Morgan fingerprint density at radius 3 is 2.71 bits per heavy atom. The van der Waals surface area contributed by atoms with Gasteiger partial charge in [0.1, 0.15) is 0 Å². The fourth-order valence-corrected chi connectivity index (χ4v) is 3.83. The second-order valence-electron chi connectivity index (χ2n) is 6.76. The molecule has 8 nitrogen and oxygen atoms in total. The summed E-state index contributed by atoms with van der Waals surface area (Å²) in [4.78, 5) is 16.3. The van der Waals surface area contributed by atoms with Gasteiger partial charge in [0.05, 0.1) is 35.0 Å².